The van der Waals surface area contributed by atoms with E-state index in [1.807, 2.05) is 31.2 Å². The van der Waals surface area contributed by atoms with E-state index in [9.17, 15) is 4.21 Å². The zero-order valence-corrected chi connectivity index (χ0v) is 11.2. The van der Waals surface area contributed by atoms with Crippen molar-refractivity contribution in [3.63, 3.8) is 0 Å². The van der Waals surface area contributed by atoms with Gasteiger partial charge in [-0.25, -0.2) is 0 Å². The largest absolute Gasteiger partial charge is 0.330 e. The quantitative estimate of drug-likeness (QED) is 0.904. The van der Waals surface area contributed by atoms with Gasteiger partial charge in [-0.05, 0) is 24.1 Å². The molecule has 2 nitrogen and oxygen atoms in total. The van der Waals surface area contributed by atoms with Gasteiger partial charge in [0.1, 0.15) is 0 Å². The first-order valence-electron chi connectivity index (χ1n) is 4.92. The average Bonchev–Trinajstić information content (AvgIpc) is 2.21. The van der Waals surface area contributed by atoms with Crippen molar-refractivity contribution in [2.45, 2.75) is 12.7 Å². The van der Waals surface area contributed by atoms with Crippen LogP contribution in [0.3, 0.4) is 0 Å². The fraction of sp³-hybridized carbons (Fsp3) is 0.455. The van der Waals surface area contributed by atoms with E-state index in [2.05, 4.69) is 15.9 Å². The fourth-order valence-corrected chi connectivity index (χ4v) is 3.33. The molecule has 15 heavy (non-hydrogen) atoms. The second kappa shape index (κ2) is 6.40. The smallest absolute Gasteiger partial charge is 0.0496 e. The van der Waals surface area contributed by atoms with Crippen LogP contribution >= 0.6 is 15.9 Å². The maximum Gasteiger partial charge on any atom is 0.0496 e. The van der Waals surface area contributed by atoms with Crippen molar-refractivity contribution in [1.29, 1.82) is 0 Å². The summed E-state index contributed by atoms with van der Waals surface area (Å²) in [4.78, 5) is 0. The Bertz CT molecular complexity index is 343. The molecule has 1 rings (SSSR count). The van der Waals surface area contributed by atoms with Gasteiger partial charge in [-0.2, -0.15) is 0 Å². The molecule has 0 aromatic heterocycles. The topological polar surface area (TPSA) is 43.1 Å². The molecule has 0 aliphatic heterocycles. The van der Waals surface area contributed by atoms with Crippen LogP contribution < -0.4 is 5.73 Å². The van der Waals surface area contributed by atoms with Crippen LogP contribution in [0.4, 0.5) is 0 Å². The number of benzene rings is 1. The van der Waals surface area contributed by atoms with E-state index in [1.165, 1.54) is 0 Å². The molecule has 0 fully saturated rings. The van der Waals surface area contributed by atoms with Crippen molar-refractivity contribution in [1.82, 2.24) is 0 Å². The first-order chi connectivity index (χ1) is 7.13. The van der Waals surface area contributed by atoms with Crippen LogP contribution in [0.15, 0.2) is 28.7 Å². The molecule has 84 valence electrons. The zero-order chi connectivity index (χ0) is 11.3. The highest BCUT2D eigenvalue weighted by atomic mass is 79.9. The van der Waals surface area contributed by atoms with Gasteiger partial charge in [0.2, 0.25) is 0 Å². The summed E-state index contributed by atoms with van der Waals surface area (Å²) in [6, 6.07) is 7.89. The average molecular weight is 290 g/mol. The van der Waals surface area contributed by atoms with E-state index in [1.54, 1.807) is 0 Å². The molecule has 0 amide bonds. The van der Waals surface area contributed by atoms with Crippen molar-refractivity contribution in [2.24, 2.45) is 11.7 Å². The molecule has 0 spiro atoms. The number of hydrogen-bond acceptors (Lipinski definition) is 2. The van der Waals surface area contributed by atoms with Crippen molar-refractivity contribution < 1.29 is 4.21 Å². The van der Waals surface area contributed by atoms with Gasteiger partial charge in [-0.15, -0.1) is 0 Å². The minimum Gasteiger partial charge on any atom is -0.330 e. The van der Waals surface area contributed by atoms with E-state index in [-0.39, 0.29) is 0 Å². The first-order valence-corrected chi connectivity index (χ1v) is 7.20. The summed E-state index contributed by atoms with van der Waals surface area (Å²) in [6.45, 7) is 2.62. The van der Waals surface area contributed by atoms with Crippen molar-refractivity contribution >= 4 is 26.7 Å². The highest BCUT2D eigenvalue weighted by molar-refractivity contribution is 9.10. The van der Waals surface area contributed by atoms with Crippen LogP contribution in [0, 0.1) is 5.92 Å². The van der Waals surface area contributed by atoms with Gasteiger partial charge in [0.15, 0.2) is 0 Å². The van der Waals surface area contributed by atoms with E-state index in [0.717, 1.165) is 10.0 Å². The molecule has 1 aromatic rings. The van der Waals surface area contributed by atoms with Gasteiger partial charge in [-0.3, -0.25) is 4.21 Å². The minimum absolute atomic E-state index is 0.327. The molecular formula is C11H16BrNOS. The third-order valence-corrected chi connectivity index (χ3v) is 4.49. The molecule has 4 heteroatoms. The monoisotopic (exact) mass is 289 g/mol. The molecule has 2 N–H and O–H groups in total. The Labute approximate surface area is 102 Å². The highest BCUT2D eigenvalue weighted by Crippen LogP contribution is 2.17. The maximum atomic E-state index is 11.8. The molecule has 0 saturated heterocycles. The number of rotatable bonds is 5. The van der Waals surface area contributed by atoms with E-state index >= 15 is 0 Å². The molecule has 2 unspecified atom stereocenters. The van der Waals surface area contributed by atoms with Crippen LogP contribution in [-0.2, 0) is 16.6 Å². The number of hydrogen-bond donors (Lipinski definition) is 1. The minimum atomic E-state index is -0.821. The number of halogens is 1. The molecule has 0 radical (unpaired) electrons. The van der Waals surface area contributed by atoms with Crippen LogP contribution in [0.1, 0.15) is 12.5 Å². The molecule has 0 aliphatic rings. The SMILES string of the molecule is CC(CN)CS(=O)Cc1ccccc1Br. The van der Waals surface area contributed by atoms with Crippen molar-refractivity contribution in [2.75, 3.05) is 12.3 Å². The summed E-state index contributed by atoms with van der Waals surface area (Å²) in [6.07, 6.45) is 0. The van der Waals surface area contributed by atoms with Gasteiger partial charge in [0.25, 0.3) is 0 Å². The summed E-state index contributed by atoms with van der Waals surface area (Å²) in [5, 5.41) is 0. The predicted octanol–water partition coefficient (Wildman–Crippen LogP) is 2.29. The third kappa shape index (κ3) is 4.45. The maximum absolute atomic E-state index is 11.8. The van der Waals surface area contributed by atoms with E-state index in [4.69, 9.17) is 5.73 Å². The molecule has 2 atom stereocenters. The first kappa shape index (κ1) is 12.9. The summed E-state index contributed by atoms with van der Waals surface area (Å²) in [7, 11) is -0.821. The Balaban J connectivity index is 2.55. The summed E-state index contributed by atoms with van der Waals surface area (Å²) in [5.74, 6) is 1.61. The lowest BCUT2D eigenvalue weighted by Gasteiger charge is -2.08. The van der Waals surface area contributed by atoms with Gasteiger partial charge in [-0.1, -0.05) is 41.1 Å². The molecule has 1 aromatic carbocycles. The van der Waals surface area contributed by atoms with Gasteiger partial charge >= 0.3 is 0 Å². The Morgan fingerprint density at radius 2 is 2.13 bits per heavy atom. The second-order valence-electron chi connectivity index (χ2n) is 3.68. The standard InChI is InChI=1S/C11H16BrNOS/c1-9(6-13)7-15(14)8-10-4-2-3-5-11(10)12/h2-5,9H,6-8,13H2,1H3. The summed E-state index contributed by atoms with van der Waals surface area (Å²) < 4.78 is 12.8. The van der Waals surface area contributed by atoms with Crippen molar-refractivity contribution in [3.05, 3.63) is 34.3 Å². The summed E-state index contributed by atoms with van der Waals surface area (Å²) in [5.41, 5.74) is 6.60. The third-order valence-electron chi connectivity index (χ3n) is 2.15. The lowest BCUT2D eigenvalue weighted by atomic mass is 10.2. The molecule has 0 bridgehead atoms. The van der Waals surface area contributed by atoms with E-state index in [0.29, 0.717) is 24.0 Å². The highest BCUT2D eigenvalue weighted by Gasteiger charge is 2.08. The fourth-order valence-electron chi connectivity index (χ4n) is 1.23. The van der Waals surface area contributed by atoms with Crippen LogP contribution in [0.2, 0.25) is 0 Å². The molecular weight excluding hydrogens is 274 g/mol. The lowest BCUT2D eigenvalue weighted by Crippen LogP contribution is -2.18. The zero-order valence-electron chi connectivity index (χ0n) is 8.78. The second-order valence-corrected chi connectivity index (χ2v) is 6.04. The van der Waals surface area contributed by atoms with Crippen LogP contribution in [0.5, 0.6) is 0 Å². The van der Waals surface area contributed by atoms with Gasteiger partial charge in [0, 0.05) is 26.8 Å². The molecule has 0 aliphatic carbocycles. The van der Waals surface area contributed by atoms with Crippen LogP contribution in [0.25, 0.3) is 0 Å². The predicted molar refractivity (Wildman–Crippen MR) is 69.1 cm³/mol. The molecule has 0 saturated carbocycles. The Morgan fingerprint density at radius 1 is 1.47 bits per heavy atom. The van der Waals surface area contributed by atoms with Gasteiger partial charge < -0.3 is 5.73 Å². The number of nitrogens with two attached hydrogens (primary N) is 1. The van der Waals surface area contributed by atoms with E-state index < -0.39 is 10.8 Å². The van der Waals surface area contributed by atoms with Crippen LogP contribution in [-0.4, -0.2) is 16.5 Å². The Hall–Kier alpha value is -0.190. The Morgan fingerprint density at radius 3 is 2.73 bits per heavy atom. The summed E-state index contributed by atoms with van der Waals surface area (Å²) >= 11 is 3.45. The van der Waals surface area contributed by atoms with Gasteiger partial charge in [0.05, 0.1) is 0 Å². The normalized spacial score (nSPS) is 14.9. The van der Waals surface area contributed by atoms with Crippen molar-refractivity contribution in [3.8, 4) is 0 Å². The Kier molecular flexibility index (Phi) is 5.50. The lowest BCUT2D eigenvalue weighted by molar-refractivity contribution is 0.640. The molecule has 0 heterocycles.